The number of hydrogen-bond acceptors (Lipinski definition) is 7. The SMILES string of the molecule is CCN(CC)c1ccc2nc3c4ccccc4/c(=N/S(=O)(=O)c4ccc([N+](=O)[O-])c5ccccc45)cc-3oc2c1. The van der Waals surface area contributed by atoms with Crippen molar-refractivity contribution in [2.75, 3.05) is 18.0 Å². The number of aromatic nitrogens is 1. The highest BCUT2D eigenvalue weighted by atomic mass is 32.2. The number of non-ortho nitro benzene ring substituents is 1. The van der Waals surface area contributed by atoms with E-state index in [4.69, 9.17) is 9.40 Å². The smallest absolute Gasteiger partial charge is 0.283 e. The summed E-state index contributed by atoms with van der Waals surface area (Å²) in [5, 5.41) is 13.5. The second-order valence-corrected chi connectivity index (χ2v) is 10.9. The molecule has 0 amide bonds. The summed E-state index contributed by atoms with van der Waals surface area (Å²) in [6.07, 6.45) is 0. The fourth-order valence-electron chi connectivity index (χ4n) is 5.10. The van der Waals surface area contributed by atoms with Crippen LogP contribution in [0.25, 0.3) is 44.1 Å². The molecule has 0 spiro atoms. The maximum Gasteiger partial charge on any atom is 0.283 e. The molecule has 2 aliphatic rings. The van der Waals surface area contributed by atoms with Gasteiger partial charge in [-0.1, -0.05) is 42.5 Å². The van der Waals surface area contributed by atoms with Crippen molar-refractivity contribution in [2.24, 2.45) is 4.40 Å². The summed E-state index contributed by atoms with van der Waals surface area (Å²) in [7, 11) is -4.28. The van der Waals surface area contributed by atoms with Gasteiger partial charge >= 0.3 is 0 Å². The van der Waals surface area contributed by atoms with E-state index in [9.17, 15) is 18.5 Å². The third-order valence-electron chi connectivity index (χ3n) is 7.04. The van der Waals surface area contributed by atoms with Crippen LogP contribution in [0.5, 0.6) is 0 Å². The maximum atomic E-state index is 13.7. The molecule has 9 nitrogen and oxygen atoms in total. The summed E-state index contributed by atoms with van der Waals surface area (Å²) < 4.78 is 37.9. The van der Waals surface area contributed by atoms with Crippen molar-refractivity contribution in [3.63, 3.8) is 0 Å². The van der Waals surface area contributed by atoms with Crippen LogP contribution in [-0.4, -0.2) is 31.4 Å². The normalized spacial score (nSPS) is 12.5. The van der Waals surface area contributed by atoms with Crippen LogP contribution in [0.3, 0.4) is 0 Å². The highest BCUT2D eigenvalue weighted by molar-refractivity contribution is 7.90. The fraction of sp³-hybridized carbons (Fsp3) is 0.133. The molecule has 0 fully saturated rings. The van der Waals surface area contributed by atoms with E-state index in [1.165, 1.54) is 18.2 Å². The van der Waals surface area contributed by atoms with Gasteiger partial charge in [0.05, 0.1) is 20.6 Å². The first kappa shape index (κ1) is 25.4. The van der Waals surface area contributed by atoms with Gasteiger partial charge in [0.1, 0.15) is 11.2 Å². The zero-order valence-electron chi connectivity index (χ0n) is 21.7. The van der Waals surface area contributed by atoms with Gasteiger partial charge in [-0.3, -0.25) is 10.1 Å². The zero-order valence-corrected chi connectivity index (χ0v) is 22.6. The Labute approximate surface area is 229 Å². The number of anilines is 1. The molecule has 1 aliphatic carbocycles. The molecule has 1 aliphatic heterocycles. The highest BCUT2D eigenvalue weighted by Gasteiger charge is 2.23. The standard InChI is InChI=1S/C30H24N4O5S/c1-3-33(4-2)19-13-14-24-27(17-19)39-28-18-25(20-9-5-8-12-23(20)30(28)31-24)32-40(37,38)29-16-15-26(34(35)36)21-10-6-7-11-22(21)29/h5-18H,3-4H2,1-2H3/b32-25+. The molecule has 0 saturated heterocycles. The fourth-order valence-corrected chi connectivity index (χ4v) is 6.31. The summed E-state index contributed by atoms with van der Waals surface area (Å²) in [4.78, 5) is 17.9. The first-order valence-electron chi connectivity index (χ1n) is 12.8. The molecule has 4 aromatic carbocycles. The molecule has 0 saturated carbocycles. The van der Waals surface area contributed by atoms with Crippen molar-refractivity contribution < 1.29 is 17.8 Å². The molecule has 1 heterocycles. The second-order valence-electron chi connectivity index (χ2n) is 9.28. The van der Waals surface area contributed by atoms with Crippen molar-refractivity contribution >= 4 is 54.0 Å². The number of fused-ring (bicyclic) bond motifs is 5. The van der Waals surface area contributed by atoms with Gasteiger partial charge in [-0.15, -0.1) is 0 Å². The Morgan fingerprint density at radius 2 is 1.55 bits per heavy atom. The summed E-state index contributed by atoms with van der Waals surface area (Å²) in [6, 6.07) is 23.5. The van der Waals surface area contributed by atoms with Crippen molar-refractivity contribution in [1.82, 2.24) is 4.98 Å². The molecule has 6 rings (SSSR count). The topological polar surface area (TPSA) is 119 Å². The van der Waals surface area contributed by atoms with Crippen molar-refractivity contribution in [2.45, 2.75) is 18.7 Å². The van der Waals surface area contributed by atoms with Crippen LogP contribution in [-0.2, 0) is 10.0 Å². The first-order valence-corrected chi connectivity index (χ1v) is 14.2. The van der Waals surface area contributed by atoms with Crippen LogP contribution in [0.15, 0.2) is 98.6 Å². The number of benzene rings is 5. The Morgan fingerprint density at radius 1 is 0.875 bits per heavy atom. The molecule has 0 atom stereocenters. The number of nitrogens with zero attached hydrogens (tertiary/aromatic N) is 4. The predicted molar refractivity (Wildman–Crippen MR) is 155 cm³/mol. The Hall–Kier alpha value is -4.83. The van der Waals surface area contributed by atoms with Gasteiger partial charge in [-0.25, -0.2) is 4.98 Å². The molecule has 200 valence electrons. The largest absolute Gasteiger partial charge is 0.453 e. The van der Waals surface area contributed by atoms with E-state index < -0.39 is 14.9 Å². The lowest BCUT2D eigenvalue weighted by Gasteiger charge is -2.21. The van der Waals surface area contributed by atoms with Gasteiger partial charge < -0.3 is 9.32 Å². The van der Waals surface area contributed by atoms with Gasteiger partial charge in [0, 0.05) is 53.1 Å². The van der Waals surface area contributed by atoms with Crippen molar-refractivity contribution in [3.05, 3.63) is 100 Å². The van der Waals surface area contributed by atoms with E-state index in [2.05, 4.69) is 23.1 Å². The average Bonchev–Trinajstić information content (AvgIpc) is 2.96. The lowest BCUT2D eigenvalue weighted by molar-refractivity contribution is -0.383. The molecule has 0 radical (unpaired) electrons. The lowest BCUT2D eigenvalue weighted by atomic mass is 10.0. The Bertz CT molecular complexity index is 2100. The number of rotatable bonds is 6. The number of nitro groups is 1. The molecule has 4 aromatic rings. The second kappa shape index (κ2) is 9.73. The van der Waals surface area contributed by atoms with Gasteiger partial charge in [0.25, 0.3) is 15.7 Å². The molecule has 0 unspecified atom stereocenters. The Balaban J connectivity index is 1.61. The molecule has 0 aromatic heterocycles. The predicted octanol–water partition coefficient (Wildman–Crippen LogP) is 6.28. The van der Waals surface area contributed by atoms with Crippen molar-refractivity contribution in [1.29, 1.82) is 0 Å². The van der Waals surface area contributed by atoms with E-state index in [1.54, 1.807) is 36.4 Å². The van der Waals surface area contributed by atoms with Crippen LogP contribution >= 0.6 is 0 Å². The van der Waals surface area contributed by atoms with Crippen LogP contribution in [0.4, 0.5) is 11.4 Å². The third-order valence-corrected chi connectivity index (χ3v) is 8.39. The third kappa shape index (κ3) is 4.22. The minimum atomic E-state index is -4.28. The summed E-state index contributed by atoms with van der Waals surface area (Å²) in [6.45, 7) is 5.84. The van der Waals surface area contributed by atoms with Crippen LogP contribution in [0.1, 0.15) is 13.8 Å². The van der Waals surface area contributed by atoms with Crippen molar-refractivity contribution in [3.8, 4) is 11.5 Å². The lowest BCUT2D eigenvalue weighted by Crippen LogP contribution is -2.21. The van der Waals surface area contributed by atoms with E-state index in [0.29, 0.717) is 33.3 Å². The number of sulfonamides is 1. The van der Waals surface area contributed by atoms with Crippen LogP contribution in [0.2, 0.25) is 0 Å². The van der Waals surface area contributed by atoms with Crippen LogP contribution in [0, 0.1) is 10.1 Å². The summed E-state index contributed by atoms with van der Waals surface area (Å²) >= 11 is 0. The van der Waals surface area contributed by atoms with Crippen LogP contribution < -0.4 is 10.3 Å². The summed E-state index contributed by atoms with van der Waals surface area (Å²) in [5.74, 6) is 0.394. The number of hydrogen-bond donors (Lipinski definition) is 0. The molecular weight excluding hydrogens is 528 g/mol. The van der Waals surface area contributed by atoms with Gasteiger partial charge in [-0.05, 0) is 38.1 Å². The minimum Gasteiger partial charge on any atom is -0.453 e. The van der Waals surface area contributed by atoms with E-state index in [0.717, 1.165) is 18.8 Å². The summed E-state index contributed by atoms with van der Waals surface area (Å²) in [5.41, 5.74) is 2.67. The zero-order chi connectivity index (χ0) is 28.0. The Kier molecular flexibility index (Phi) is 6.19. The molecular formula is C30H24N4O5S. The molecule has 40 heavy (non-hydrogen) atoms. The molecule has 0 N–H and O–H groups in total. The maximum absolute atomic E-state index is 13.7. The van der Waals surface area contributed by atoms with Gasteiger partial charge in [-0.2, -0.15) is 12.8 Å². The Morgan fingerprint density at radius 3 is 2.25 bits per heavy atom. The number of nitro benzene ring substituents is 1. The first-order chi connectivity index (χ1) is 19.3. The van der Waals surface area contributed by atoms with E-state index in [-0.39, 0.29) is 26.7 Å². The van der Waals surface area contributed by atoms with Gasteiger partial charge in [0.2, 0.25) is 0 Å². The highest BCUT2D eigenvalue weighted by Crippen LogP contribution is 2.34. The quantitative estimate of drug-likeness (QED) is 0.103. The van der Waals surface area contributed by atoms with E-state index >= 15 is 0 Å². The monoisotopic (exact) mass is 552 g/mol. The molecule has 10 heteroatoms. The average molecular weight is 553 g/mol. The van der Waals surface area contributed by atoms with Gasteiger partial charge in [0.15, 0.2) is 11.3 Å². The minimum absolute atomic E-state index is 0.115. The van der Waals surface area contributed by atoms with E-state index in [1.807, 2.05) is 30.3 Å². The molecule has 0 bridgehead atoms.